The number of alkyl halides is 1. The van der Waals surface area contributed by atoms with Crippen molar-refractivity contribution in [1.29, 1.82) is 0 Å². The number of hydrogen-bond donors (Lipinski definition) is 2. The monoisotopic (exact) mass is 311 g/mol. The van der Waals surface area contributed by atoms with Crippen molar-refractivity contribution in [2.45, 2.75) is 37.0 Å². The Kier molecular flexibility index (Phi) is 2.74. The molecule has 2 aromatic heterocycles. The predicted octanol–water partition coefficient (Wildman–Crippen LogP) is 1.20. The van der Waals surface area contributed by atoms with Gasteiger partial charge in [-0.2, -0.15) is 0 Å². The van der Waals surface area contributed by atoms with Crippen LogP contribution in [-0.2, 0) is 9.47 Å². The van der Waals surface area contributed by atoms with Crippen LogP contribution in [0.25, 0.3) is 10.9 Å². The molecule has 4 heterocycles. The molecule has 2 aliphatic rings. The highest BCUT2D eigenvalue weighted by molar-refractivity contribution is 7.11. The molecule has 2 fully saturated rings. The SMILES string of the molecule is CC1(F)C(c2scc3c(N)ncnc23)OC(C2CO2)C1O. The number of epoxide rings is 1. The van der Waals surface area contributed by atoms with Crippen molar-refractivity contribution in [1.82, 2.24) is 9.97 Å². The molecular weight excluding hydrogens is 297 g/mol. The molecule has 5 unspecified atom stereocenters. The fourth-order valence-corrected chi connectivity index (χ4v) is 3.94. The summed E-state index contributed by atoms with van der Waals surface area (Å²) in [5.74, 6) is 0.351. The molecule has 21 heavy (non-hydrogen) atoms. The van der Waals surface area contributed by atoms with Crippen LogP contribution in [0.2, 0.25) is 0 Å². The number of halogens is 1. The first-order chi connectivity index (χ1) is 10.00. The summed E-state index contributed by atoms with van der Waals surface area (Å²) in [7, 11) is 0. The molecule has 6 nitrogen and oxygen atoms in total. The largest absolute Gasteiger partial charge is 0.387 e. The van der Waals surface area contributed by atoms with Gasteiger partial charge < -0.3 is 20.3 Å². The van der Waals surface area contributed by atoms with Crippen LogP contribution in [0.1, 0.15) is 17.9 Å². The number of anilines is 1. The van der Waals surface area contributed by atoms with Gasteiger partial charge >= 0.3 is 0 Å². The highest BCUT2D eigenvalue weighted by Crippen LogP contribution is 2.50. The van der Waals surface area contributed by atoms with E-state index in [2.05, 4.69) is 9.97 Å². The van der Waals surface area contributed by atoms with E-state index in [1.165, 1.54) is 24.6 Å². The Bertz CT molecular complexity index is 703. The zero-order valence-corrected chi connectivity index (χ0v) is 12.0. The average molecular weight is 311 g/mol. The highest BCUT2D eigenvalue weighted by Gasteiger charge is 2.59. The molecule has 112 valence electrons. The van der Waals surface area contributed by atoms with Gasteiger partial charge in [0.15, 0.2) is 5.67 Å². The lowest BCUT2D eigenvalue weighted by Gasteiger charge is -2.23. The Morgan fingerprint density at radius 1 is 1.52 bits per heavy atom. The van der Waals surface area contributed by atoms with Gasteiger partial charge in [0.2, 0.25) is 0 Å². The number of aliphatic hydroxyl groups is 1. The molecule has 2 saturated heterocycles. The van der Waals surface area contributed by atoms with Crippen molar-refractivity contribution in [2.24, 2.45) is 0 Å². The fraction of sp³-hybridized carbons (Fsp3) is 0.538. The Morgan fingerprint density at radius 3 is 3.00 bits per heavy atom. The molecular formula is C13H14FN3O3S. The Morgan fingerprint density at radius 2 is 2.29 bits per heavy atom. The minimum atomic E-state index is -1.91. The Labute approximate surface area is 123 Å². The highest BCUT2D eigenvalue weighted by atomic mass is 32.1. The van der Waals surface area contributed by atoms with E-state index in [1.54, 1.807) is 5.38 Å². The van der Waals surface area contributed by atoms with Gasteiger partial charge in [-0.25, -0.2) is 14.4 Å². The van der Waals surface area contributed by atoms with E-state index in [0.29, 0.717) is 28.2 Å². The van der Waals surface area contributed by atoms with Crippen LogP contribution in [0, 0.1) is 0 Å². The van der Waals surface area contributed by atoms with Crippen molar-refractivity contribution in [3.05, 3.63) is 16.6 Å². The van der Waals surface area contributed by atoms with Gasteiger partial charge in [0.1, 0.15) is 36.6 Å². The summed E-state index contributed by atoms with van der Waals surface area (Å²) in [6.45, 7) is 1.84. The van der Waals surface area contributed by atoms with Crippen LogP contribution in [-0.4, -0.2) is 45.7 Å². The molecule has 5 atom stereocenters. The summed E-state index contributed by atoms with van der Waals surface area (Å²) in [5.41, 5.74) is 4.47. The van der Waals surface area contributed by atoms with Crippen molar-refractivity contribution in [3.63, 3.8) is 0 Å². The molecule has 0 aromatic carbocycles. The molecule has 0 aliphatic carbocycles. The van der Waals surface area contributed by atoms with Crippen LogP contribution in [0.5, 0.6) is 0 Å². The molecule has 0 amide bonds. The molecule has 2 aromatic rings. The van der Waals surface area contributed by atoms with Crippen LogP contribution in [0.4, 0.5) is 10.2 Å². The van der Waals surface area contributed by atoms with Gasteiger partial charge in [-0.05, 0) is 6.92 Å². The van der Waals surface area contributed by atoms with E-state index in [9.17, 15) is 5.11 Å². The van der Waals surface area contributed by atoms with Crippen LogP contribution in [0.15, 0.2) is 11.7 Å². The predicted molar refractivity (Wildman–Crippen MR) is 74.7 cm³/mol. The summed E-state index contributed by atoms with van der Waals surface area (Å²) in [6.07, 6.45) is -1.66. The van der Waals surface area contributed by atoms with Crippen molar-refractivity contribution in [3.8, 4) is 0 Å². The zero-order chi connectivity index (χ0) is 14.8. The van der Waals surface area contributed by atoms with E-state index in [4.69, 9.17) is 15.2 Å². The third-order valence-corrected chi connectivity index (χ3v) is 5.13. The quantitative estimate of drug-likeness (QED) is 0.810. The molecule has 2 aliphatic heterocycles. The lowest BCUT2D eigenvalue weighted by molar-refractivity contribution is -0.00629. The summed E-state index contributed by atoms with van der Waals surface area (Å²) in [4.78, 5) is 8.72. The Balaban J connectivity index is 1.79. The van der Waals surface area contributed by atoms with Crippen LogP contribution in [0.3, 0.4) is 0 Å². The number of ether oxygens (including phenoxy) is 2. The third-order valence-electron chi connectivity index (χ3n) is 4.11. The summed E-state index contributed by atoms with van der Waals surface area (Å²) >= 11 is 1.31. The molecule has 0 saturated carbocycles. The number of aliphatic hydroxyl groups excluding tert-OH is 1. The minimum absolute atomic E-state index is 0.231. The fourth-order valence-electron chi connectivity index (χ4n) is 2.78. The second-order valence-electron chi connectivity index (χ2n) is 5.57. The van der Waals surface area contributed by atoms with E-state index in [-0.39, 0.29) is 6.10 Å². The molecule has 0 bridgehead atoms. The first-order valence-corrected chi connectivity index (χ1v) is 7.49. The first kappa shape index (κ1) is 13.3. The van der Waals surface area contributed by atoms with Crippen LogP contribution < -0.4 is 5.73 Å². The van der Waals surface area contributed by atoms with E-state index in [0.717, 1.165) is 0 Å². The van der Waals surface area contributed by atoms with Gasteiger partial charge in [-0.1, -0.05) is 0 Å². The van der Waals surface area contributed by atoms with Crippen molar-refractivity contribution in [2.75, 3.05) is 12.3 Å². The minimum Gasteiger partial charge on any atom is -0.387 e. The molecule has 3 N–H and O–H groups in total. The lowest BCUT2D eigenvalue weighted by atomic mass is 9.92. The summed E-state index contributed by atoms with van der Waals surface area (Å²) in [6, 6.07) is 0. The summed E-state index contributed by atoms with van der Waals surface area (Å²) in [5, 5.41) is 12.7. The summed E-state index contributed by atoms with van der Waals surface area (Å²) < 4.78 is 25.9. The molecule has 4 rings (SSSR count). The number of aromatic nitrogens is 2. The van der Waals surface area contributed by atoms with E-state index in [1.807, 2.05) is 0 Å². The van der Waals surface area contributed by atoms with Crippen LogP contribution >= 0.6 is 11.3 Å². The topological polar surface area (TPSA) is 93.8 Å². The number of nitrogens with two attached hydrogens (primary N) is 1. The molecule has 8 heteroatoms. The Hall–Kier alpha value is -1.35. The van der Waals surface area contributed by atoms with E-state index >= 15 is 4.39 Å². The maximum Gasteiger partial charge on any atom is 0.167 e. The zero-order valence-electron chi connectivity index (χ0n) is 11.2. The third kappa shape index (κ3) is 1.87. The van der Waals surface area contributed by atoms with Gasteiger partial charge in [-0.15, -0.1) is 11.3 Å². The second kappa shape index (κ2) is 4.33. The number of nitrogens with zero attached hydrogens (tertiary/aromatic N) is 2. The number of fused-ring (bicyclic) bond motifs is 1. The van der Waals surface area contributed by atoms with Crippen molar-refractivity contribution >= 4 is 28.1 Å². The first-order valence-electron chi connectivity index (χ1n) is 6.61. The number of hydrogen-bond acceptors (Lipinski definition) is 7. The normalized spacial score (nSPS) is 39.0. The standard InChI is InChI=1S/C13H14FN3O3S/c1-13(14)10(18)8(6-2-19-6)20-11(13)9-7-5(3-21-9)12(15)17-4-16-7/h3-4,6,8,10-11,18H,2H2,1H3,(H2,15,16,17). The lowest BCUT2D eigenvalue weighted by Crippen LogP contribution is -2.39. The maximum atomic E-state index is 15.0. The average Bonchev–Trinajstić information content (AvgIpc) is 3.14. The number of nitrogen functional groups attached to an aromatic ring is 1. The smallest absolute Gasteiger partial charge is 0.167 e. The molecule has 0 radical (unpaired) electrons. The molecule has 0 spiro atoms. The van der Waals surface area contributed by atoms with Gasteiger partial charge in [0, 0.05) is 5.38 Å². The van der Waals surface area contributed by atoms with Crippen molar-refractivity contribution < 1.29 is 19.0 Å². The maximum absolute atomic E-state index is 15.0. The second-order valence-corrected chi connectivity index (χ2v) is 6.48. The number of rotatable bonds is 2. The number of thiophene rings is 1. The van der Waals surface area contributed by atoms with Gasteiger partial charge in [-0.3, -0.25) is 0 Å². The van der Waals surface area contributed by atoms with Gasteiger partial charge in [0.25, 0.3) is 0 Å². The van der Waals surface area contributed by atoms with E-state index < -0.39 is 24.0 Å². The van der Waals surface area contributed by atoms with Gasteiger partial charge in [0.05, 0.1) is 22.4 Å².